The molecule has 120 valence electrons. The van der Waals surface area contributed by atoms with Gasteiger partial charge in [-0.25, -0.2) is 8.42 Å². The third-order valence-electron chi connectivity index (χ3n) is 3.18. The molecular weight excluding hydrogens is 324 g/mol. The second-order valence-electron chi connectivity index (χ2n) is 4.81. The predicted octanol–water partition coefficient (Wildman–Crippen LogP) is 1.67. The smallest absolute Gasteiger partial charge is 0.261 e. The molecule has 0 aliphatic rings. The van der Waals surface area contributed by atoms with Crippen molar-refractivity contribution in [3.05, 3.63) is 29.1 Å². The summed E-state index contributed by atoms with van der Waals surface area (Å²) >= 11 is 1.37. The molecule has 0 bridgehead atoms. The second-order valence-corrected chi connectivity index (χ2v) is 7.91. The number of methoxy groups -OCH3 is 1. The highest BCUT2D eigenvalue weighted by Gasteiger charge is 2.14. The number of carbonyl (C=O) groups excluding carboxylic acids is 1. The number of nitrogens with one attached hydrogen (secondary N) is 1. The van der Waals surface area contributed by atoms with Crippen molar-refractivity contribution in [2.45, 2.75) is 0 Å². The van der Waals surface area contributed by atoms with Crippen LogP contribution in [0.4, 0.5) is 5.69 Å². The summed E-state index contributed by atoms with van der Waals surface area (Å²) in [5.74, 6) is -0.156. The van der Waals surface area contributed by atoms with E-state index in [1.807, 2.05) is 6.07 Å². The van der Waals surface area contributed by atoms with Gasteiger partial charge in [-0.2, -0.15) is 0 Å². The Hall–Kier alpha value is -1.64. The van der Waals surface area contributed by atoms with E-state index in [1.165, 1.54) is 22.7 Å². The number of rotatable bonds is 6. The Balaban J connectivity index is 2.26. The fourth-order valence-corrected chi connectivity index (χ4v) is 3.34. The van der Waals surface area contributed by atoms with Crippen molar-refractivity contribution < 1.29 is 17.9 Å². The number of thiophene rings is 1. The van der Waals surface area contributed by atoms with E-state index >= 15 is 0 Å². The molecular formula is C14H18N2O4S2. The predicted molar refractivity (Wildman–Crippen MR) is 89.3 cm³/mol. The van der Waals surface area contributed by atoms with Gasteiger partial charge in [0, 0.05) is 25.4 Å². The minimum absolute atomic E-state index is 0.156. The number of amides is 1. The van der Waals surface area contributed by atoms with E-state index in [0.717, 1.165) is 16.3 Å². The van der Waals surface area contributed by atoms with E-state index in [4.69, 9.17) is 4.74 Å². The molecule has 0 radical (unpaired) electrons. The number of hydrogen-bond acceptors (Lipinski definition) is 5. The van der Waals surface area contributed by atoms with Crippen molar-refractivity contribution in [1.82, 2.24) is 5.32 Å². The standard InChI is InChI=1S/C14H18N2O4S2/c1-16(22(3,18)19)11-4-5-12-10(8-11)9-13(21-12)14(17)15-6-7-20-2/h4-5,8-9H,6-7H2,1-3H3,(H,15,17). The molecule has 1 amide bonds. The number of fused-ring (bicyclic) bond motifs is 1. The molecule has 1 aromatic heterocycles. The summed E-state index contributed by atoms with van der Waals surface area (Å²) in [4.78, 5) is 12.6. The highest BCUT2D eigenvalue weighted by atomic mass is 32.2. The first-order chi connectivity index (χ1) is 10.3. The van der Waals surface area contributed by atoms with E-state index in [1.54, 1.807) is 25.3 Å². The van der Waals surface area contributed by atoms with Gasteiger partial charge in [-0.3, -0.25) is 9.10 Å². The van der Waals surface area contributed by atoms with Crippen LogP contribution in [0.15, 0.2) is 24.3 Å². The van der Waals surface area contributed by atoms with Crippen LogP contribution in [0.3, 0.4) is 0 Å². The van der Waals surface area contributed by atoms with Crippen molar-refractivity contribution in [3.8, 4) is 0 Å². The molecule has 1 aromatic carbocycles. The molecule has 0 aliphatic carbocycles. The lowest BCUT2D eigenvalue weighted by Gasteiger charge is -2.16. The Morgan fingerprint density at radius 2 is 2.09 bits per heavy atom. The van der Waals surface area contributed by atoms with Crippen molar-refractivity contribution in [1.29, 1.82) is 0 Å². The monoisotopic (exact) mass is 342 g/mol. The first-order valence-corrected chi connectivity index (χ1v) is 9.24. The van der Waals surface area contributed by atoms with E-state index in [2.05, 4.69) is 5.32 Å². The van der Waals surface area contributed by atoms with Crippen LogP contribution in [0, 0.1) is 0 Å². The van der Waals surface area contributed by atoms with Crippen LogP contribution in [-0.4, -0.2) is 47.9 Å². The Labute approximate surface area is 133 Å². The highest BCUT2D eigenvalue weighted by Crippen LogP contribution is 2.29. The zero-order valence-electron chi connectivity index (χ0n) is 12.6. The zero-order chi connectivity index (χ0) is 16.3. The highest BCUT2D eigenvalue weighted by molar-refractivity contribution is 7.92. The summed E-state index contributed by atoms with van der Waals surface area (Å²) in [5, 5.41) is 3.61. The van der Waals surface area contributed by atoms with Gasteiger partial charge in [0.1, 0.15) is 0 Å². The van der Waals surface area contributed by atoms with Gasteiger partial charge in [0.15, 0.2) is 0 Å². The molecule has 0 fully saturated rings. The quantitative estimate of drug-likeness (QED) is 0.810. The van der Waals surface area contributed by atoms with Gasteiger partial charge < -0.3 is 10.1 Å². The van der Waals surface area contributed by atoms with Crippen molar-refractivity contribution in [2.24, 2.45) is 0 Å². The van der Waals surface area contributed by atoms with Gasteiger partial charge in [0.2, 0.25) is 10.0 Å². The number of benzene rings is 1. The maximum Gasteiger partial charge on any atom is 0.261 e. The largest absolute Gasteiger partial charge is 0.383 e. The summed E-state index contributed by atoms with van der Waals surface area (Å²) < 4.78 is 30.2. The van der Waals surface area contributed by atoms with Crippen LogP contribution in [0.25, 0.3) is 10.1 Å². The molecule has 0 spiro atoms. The van der Waals surface area contributed by atoms with Crippen molar-refractivity contribution >= 4 is 43.0 Å². The number of sulfonamides is 1. The van der Waals surface area contributed by atoms with Crippen LogP contribution in [0.5, 0.6) is 0 Å². The van der Waals surface area contributed by atoms with Gasteiger partial charge in [0.05, 0.1) is 23.4 Å². The van der Waals surface area contributed by atoms with Gasteiger partial charge in [0.25, 0.3) is 5.91 Å². The number of ether oxygens (including phenoxy) is 1. The molecule has 6 nitrogen and oxygen atoms in total. The van der Waals surface area contributed by atoms with Crippen LogP contribution in [-0.2, 0) is 14.8 Å². The molecule has 2 aromatic rings. The molecule has 0 saturated carbocycles. The molecule has 1 heterocycles. The fourth-order valence-electron chi connectivity index (χ4n) is 1.88. The number of nitrogens with zero attached hydrogens (tertiary/aromatic N) is 1. The van der Waals surface area contributed by atoms with Crippen molar-refractivity contribution in [2.75, 3.05) is 37.9 Å². The van der Waals surface area contributed by atoms with E-state index in [-0.39, 0.29) is 5.91 Å². The van der Waals surface area contributed by atoms with Crippen LogP contribution in [0.1, 0.15) is 9.67 Å². The number of anilines is 1. The average molecular weight is 342 g/mol. The van der Waals surface area contributed by atoms with E-state index < -0.39 is 10.0 Å². The summed E-state index contributed by atoms with van der Waals surface area (Å²) in [6, 6.07) is 7.08. The van der Waals surface area contributed by atoms with Crippen LogP contribution < -0.4 is 9.62 Å². The lowest BCUT2D eigenvalue weighted by atomic mass is 10.2. The minimum Gasteiger partial charge on any atom is -0.383 e. The molecule has 0 atom stereocenters. The molecule has 2 rings (SSSR count). The maximum absolute atomic E-state index is 12.0. The molecule has 22 heavy (non-hydrogen) atoms. The molecule has 0 saturated heterocycles. The summed E-state index contributed by atoms with van der Waals surface area (Å²) in [5.41, 5.74) is 0.569. The molecule has 0 unspecified atom stereocenters. The third kappa shape index (κ3) is 3.76. The average Bonchev–Trinajstić information content (AvgIpc) is 2.88. The summed E-state index contributed by atoms with van der Waals surface area (Å²) in [6.45, 7) is 0.908. The Bertz CT molecular complexity index is 783. The second kappa shape index (κ2) is 6.64. The topological polar surface area (TPSA) is 75.7 Å². The molecule has 1 N–H and O–H groups in total. The molecule has 0 aliphatic heterocycles. The van der Waals surface area contributed by atoms with Crippen molar-refractivity contribution in [3.63, 3.8) is 0 Å². The lowest BCUT2D eigenvalue weighted by Crippen LogP contribution is -2.26. The van der Waals surface area contributed by atoms with Crippen LogP contribution >= 0.6 is 11.3 Å². The normalized spacial score (nSPS) is 11.6. The number of hydrogen-bond donors (Lipinski definition) is 1. The Kier molecular flexibility index (Phi) is 5.05. The van der Waals surface area contributed by atoms with Gasteiger partial charge in [-0.15, -0.1) is 11.3 Å². The molecule has 8 heteroatoms. The Morgan fingerprint density at radius 1 is 1.36 bits per heavy atom. The maximum atomic E-state index is 12.0. The van der Waals surface area contributed by atoms with Gasteiger partial charge in [-0.05, 0) is 29.7 Å². The first-order valence-electron chi connectivity index (χ1n) is 6.57. The third-order valence-corrected chi connectivity index (χ3v) is 5.50. The number of carbonyl (C=O) groups is 1. The van der Waals surface area contributed by atoms with E-state index in [9.17, 15) is 13.2 Å². The fraction of sp³-hybridized carbons (Fsp3) is 0.357. The zero-order valence-corrected chi connectivity index (χ0v) is 14.3. The van der Waals surface area contributed by atoms with E-state index in [0.29, 0.717) is 23.7 Å². The van der Waals surface area contributed by atoms with Crippen LogP contribution in [0.2, 0.25) is 0 Å². The van der Waals surface area contributed by atoms with Gasteiger partial charge >= 0.3 is 0 Å². The SMILES string of the molecule is COCCNC(=O)c1cc2cc(N(C)S(C)(=O)=O)ccc2s1. The lowest BCUT2D eigenvalue weighted by molar-refractivity contribution is 0.0941. The Morgan fingerprint density at radius 3 is 2.73 bits per heavy atom. The minimum atomic E-state index is -3.31. The summed E-state index contributed by atoms with van der Waals surface area (Å²) in [7, 11) is -0.229. The first kappa shape index (κ1) is 16.7. The van der Waals surface area contributed by atoms with Gasteiger partial charge in [-0.1, -0.05) is 0 Å². The summed E-state index contributed by atoms with van der Waals surface area (Å²) in [6.07, 6.45) is 1.15.